The molecular weight excluding hydrogens is 208 g/mol. The molecule has 2 heterocycles. The first-order chi connectivity index (χ1) is 8.43. The summed E-state index contributed by atoms with van der Waals surface area (Å²) in [4.78, 5) is 7.62. The number of aromatic amines is 1. The van der Waals surface area contributed by atoms with Crippen molar-refractivity contribution in [2.75, 3.05) is 0 Å². The lowest BCUT2D eigenvalue weighted by Crippen LogP contribution is -1.77. The highest BCUT2D eigenvalue weighted by atomic mass is 14.7. The van der Waals surface area contributed by atoms with Gasteiger partial charge in [0.25, 0.3) is 0 Å². The molecule has 0 aliphatic heterocycles. The first-order valence-electron chi connectivity index (χ1n) is 5.59. The third kappa shape index (κ3) is 1.97. The quantitative estimate of drug-likeness (QED) is 0.700. The second-order valence-electron chi connectivity index (χ2n) is 3.88. The number of nitrogens with one attached hydrogen (secondary N) is 1. The molecular formula is C15H12N2. The molecule has 1 N–H and O–H groups in total. The molecule has 0 saturated carbocycles. The van der Waals surface area contributed by atoms with Crippen molar-refractivity contribution in [3.63, 3.8) is 0 Å². The Morgan fingerprint density at radius 3 is 2.41 bits per heavy atom. The molecule has 3 rings (SSSR count). The van der Waals surface area contributed by atoms with Gasteiger partial charge in [-0.25, -0.2) is 0 Å². The maximum atomic E-state index is 4.34. The highest BCUT2D eigenvalue weighted by Crippen LogP contribution is 2.24. The van der Waals surface area contributed by atoms with Crippen LogP contribution < -0.4 is 0 Å². The summed E-state index contributed by atoms with van der Waals surface area (Å²) in [5.74, 6) is 0. The zero-order valence-electron chi connectivity index (χ0n) is 9.30. The van der Waals surface area contributed by atoms with Crippen LogP contribution in [-0.2, 0) is 0 Å². The second kappa shape index (κ2) is 4.26. The molecule has 82 valence electrons. The molecule has 0 spiro atoms. The molecule has 0 saturated heterocycles. The van der Waals surface area contributed by atoms with Crippen molar-refractivity contribution in [3.05, 3.63) is 67.0 Å². The van der Waals surface area contributed by atoms with Crippen LogP contribution in [0.25, 0.3) is 22.5 Å². The van der Waals surface area contributed by atoms with Crippen LogP contribution in [-0.4, -0.2) is 9.97 Å². The molecule has 2 nitrogen and oxygen atoms in total. The van der Waals surface area contributed by atoms with Gasteiger partial charge in [-0.05, 0) is 23.8 Å². The van der Waals surface area contributed by atoms with Gasteiger partial charge in [-0.1, -0.05) is 36.4 Å². The van der Waals surface area contributed by atoms with Crippen molar-refractivity contribution in [3.8, 4) is 22.5 Å². The Hall–Kier alpha value is -2.35. The number of hydrogen-bond acceptors (Lipinski definition) is 1. The average molecular weight is 220 g/mol. The summed E-state index contributed by atoms with van der Waals surface area (Å²) >= 11 is 0. The average Bonchev–Trinajstić information content (AvgIpc) is 2.90. The minimum atomic E-state index is 0.992. The molecule has 0 aliphatic rings. The minimum Gasteiger partial charge on any atom is -0.361 e. The Morgan fingerprint density at radius 1 is 0.824 bits per heavy atom. The highest BCUT2D eigenvalue weighted by Gasteiger charge is 2.03. The molecule has 0 atom stereocenters. The van der Waals surface area contributed by atoms with E-state index in [1.165, 1.54) is 5.56 Å². The van der Waals surface area contributed by atoms with Crippen molar-refractivity contribution in [1.29, 1.82) is 0 Å². The van der Waals surface area contributed by atoms with Crippen molar-refractivity contribution in [2.24, 2.45) is 0 Å². The summed E-state index contributed by atoms with van der Waals surface area (Å²) in [7, 11) is 0. The Balaban J connectivity index is 1.99. The molecule has 0 unspecified atom stereocenters. The molecule has 0 bridgehead atoms. The molecule has 2 aromatic heterocycles. The van der Waals surface area contributed by atoms with E-state index in [-0.39, 0.29) is 0 Å². The summed E-state index contributed by atoms with van der Waals surface area (Å²) in [6.45, 7) is 0. The van der Waals surface area contributed by atoms with E-state index >= 15 is 0 Å². The van der Waals surface area contributed by atoms with Crippen molar-refractivity contribution >= 4 is 0 Å². The van der Waals surface area contributed by atoms with Gasteiger partial charge in [0.05, 0.1) is 5.69 Å². The number of hydrogen-bond donors (Lipinski definition) is 1. The number of aromatic nitrogens is 2. The number of H-pyrrole nitrogens is 1. The van der Waals surface area contributed by atoms with Crippen LogP contribution in [0.15, 0.2) is 67.0 Å². The first-order valence-corrected chi connectivity index (χ1v) is 5.59. The SMILES string of the molecule is c1ccc(-c2cc(-c3ccccn3)c[nH]2)cc1. The van der Waals surface area contributed by atoms with Gasteiger partial charge in [-0.15, -0.1) is 0 Å². The Kier molecular flexibility index (Phi) is 2.47. The number of nitrogens with zero attached hydrogens (tertiary/aromatic N) is 1. The van der Waals surface area contributed by atoms with Crippen molar-refractivity contribution < 1.29 is 0 Å². The van der Waals surface area contributed by atoms with Crippen LogP contribution in [0.1, 0.15) is 0 Å². The maximum absolute atomic E-state index is 4.34. The van der Waals surface area contributed by atoms with E-state index in [9.17, 15) is 0 Å². The minimum absolute atomic E-state index is 0.992. The number of benzene rings is 1. The zero-order chi connectivity index (χ0) is 11.5. The molecule has 17 heavy (non-hydrogen) atoms. The third-order valence-corrected chi connectivity index (χ3v) is 2.73. The van der Waals surface area contributed by atoms with Gasteiger partial charge in [0.15, 0.2) is 0 Å². The number of pyridine rings is 1. The van der Waals surface area contributed by atoms with Crippen LogP contribution in [0.3, 0.4) is 0 Å². The fraction of sp³-hybridized carbons (Fsp3) is 0. The Bertz CT molecular complexity index is 543. The predicted molar refractivity (Wildman–Crippen MR) is 69.5 cm³/mol. The van der Waals surface area contributed by atoms with E-state index in [1.54, 1.807) is 0 Å². The van der Waals surface area contributed by atoms with Crippen LogP contribution >= 0.6 is 0 Å². The smallest absolute Gasteiger partial charge is 0.0717 e. The zero-order valence-corrected chi connectivity index (χ0v) is 9.30. The van der Waals surface area contributed by atoms with Gasteiger partial charge in [0, 0.05) is 23.7 Å². The lowest BCUT2D eigenvalue weighted by atomic mass is 10.1. The van der Waals surface area contributed by atoms with Crippen LogP contribution in [0.4, 0.5) is 0 Å². The third-order valence-electron chi connectivity index (χ3n) is 2.73. The summed E-state index contributed by atoms with van der Waals surface area (Å²) in [5.41, 5.74) is 4.41. The Morgan fingerprint density at radius 2 is 1.65 bits per heavy atom. The summed E-state index contributed by atoms with van der Waals surface area (Å²) in [6.07, 6.45) is 3.80. The largest absolute Gasteiger partial charge is 0.361 e. The van der Waals surface area contributed by atoms with Crippen LogP contribution in [0.5, 0.6) is 0 Å². The number of rotatable bonds is 2. The van der Waals surface area contributed by atoms with Crippen molar-refractivity contribution in [2.45, 2.75) is 0 Å². The van der Waals surface area contributed by atoms with Crippen molar-refractivity contribution in [1.82, 2.24) is 9.97 Å². The molecule has 0 amide bonds. The monoisotopic (exact) mass is 220 g/mol. The van der Waals surface area contributed by atoms with E-state index in [0.717, 1.165) is 17.0 Å². The van der Waals surface area contributed by atoms with Gasteiger partial charge < -0.3 is 4.98 Å². The fourth-order valence-corrected chi connectivity index (χ4v) is 1.86. The molecule has 1 aromatic carbocycles. The summed E-state index contributed by atoms with van der Waals surface area (Å²) in [6, 6.07) is 18.3. The second-order valence-corrected chi connectivity index (χ2v) is 3.88. The predicted octanol–water partition coefficient (Wildman–Crippen LogP) is 3.74. The van der Waals surface area contributed by atoms with Gasteiger partial charge in [0.1, 0.15) is 0 Å². The lowest BCUT2D eigenvalue weighted by molar-refractivity contribution is 1.32. The first kappa shape index (κ1) is 9.85. The molecule has 0 radical (unpaired) electrons. The standard InChI is InChI=1S/C15H12N2/c1-2-6-12(7-3-1)15-10-13(11-17-15)14-8-4-5-9-16-14/h1-11,17H. The topological polar surface area (TPSA) is 28.7 Å². The van der Waals surface area contributed by atoms with E-state index in [0.29, 0.717) is 0 Å². The Labute approximate surface area is 100.0 Å². The molecule has 3 aromatic rings. The van der Waals surface area contributed by atoms with Gasteiger partial charge in [0.2, 0.25) is 0 Å². The van der Waals surface area contributed by atoms with Gasteiger partial charge >= 0.3 is 0 Å². The summed E-state index contributed by atoms with van der Waals surface area (Å²) in [5, 5.41) is 0. The van der Waals surface area contributed by atoms with E-state index in [2.05, 4.69) is 28.2 Å². The molecule has 0 aliphatic carbocycles. The van der Waals surface area contributed by atoms with E-state index < -0.39 is 0 Å². The molecule has 0 fully saturated rings. The van der Waals surface area contributed by atoms with Crippen LogP contribution in [0.2, 0.25) is 0 Å². The van der Waals surface area contributed by atoms with Gasteiger partial charge in [-0.2, -0.15) is 0 Å². The van der Waals surface area contributed by atoms with E-state index in [1.807, 2.05) is 48.8 Å². The van der Waals surface area contributed by atoms with E-state index in [4.69, 9.17) is 0 Å². The van der Waals surface area contributed by atoms with Crippen LogP contribution in [0, 0.1) is 0 Å². The highest BCUT2D eigenvalue weighted by molar-refractivity contribution is 5.69. The molecule has 2 heteroatoms. The normalized spacial score (nSPS) is 10.4. The fourth-order valence-electron chi connectivity index (χ4n) is 1.86. The maximum Gasteiger partial charge on any atom is 0.0717 e. The van der Waals surface area contributed by atoms with Gasteiger partial charge in [-0.3, -0.25) is 4.98 Å². The lowest BCUT2D eigenvalue weighted by Gasteiger charge is -1.96. The summed E-state index contributed by atoms with van der Waals surface area (Å²) < 4.78 is 0.